The lowest BCUT2D eigenvalue weighted by molar-refractivity contribution is 0.473. The molecule has 1 aromatic heterocycles. The monoisotopic (exact) mass is 164 g/mol. The van der Waals surface area contributed by atoms with Crippen LogP contribution in [-0.4, -0.2) is 4.57 Å². The highest BCUT2D eigenvalue weighted by Crippen LogP contribution is 2.39. The van der Waals surface area contributed by atoms with E-state index >= 15 is 0 Å². The van der Waals surface area contributed by atoms with E-state index in [1.54, 1.807) is 0 Å². The molecule has 2 nitrogen and oxygen atoms in total. The van der Waals surface area contributed by atoms with Crippen LogP contribution in [0.25, 0.3) is 0 Å². The third-order valence-corrected chi connectivity index (χ3v) is 2.82. The van der Waals surface area contributed by atoms with E-state index in [0.717, 1.165) is 5.92 Å². The van der Waals surface area contributed by atoms with E-state index in [4.69, 9.17) is 5.73 Å². The number of nitrogens with zero attached hydrogens (tertiary/aromatic N) is 1. The van der Waals surface area contributed by atoms with Crippen molar-refractivity contribution in [1.82, 2.24) is 4.57 Å². The van der Waals surface area contributed by atoms with Crippen LogP contribution in [0.1, 0.15) is 31.5 Å². The average Bonchev–Trinajstić information content (AvgIpc) is 2.82. The number of hydrogen-bond acceptors (Lipinski definition) is 1. The van der Waals surface area contributed by atoms with Crippen molar-refractivity contribution in [3.05, 3.63) is 24.0 Å². The summed E-state index contributed by atoms with van der Waals surface area (Å²) in [6, 6.07) is 4.85. The molecule has 2 rings (SSSR count). The fourth-order valence-electron chi connectivity index (χ4n) is 1.81. The van der Waals surface area contributed by atoms with Gasteiger partial charge in [0, 0.05) is 24.5 Å². The second-order valence-corrected chi connectivity index (χ2v) is 3.69. The molecule has 2 heteroatoms. The maximum atomic E-state index is 5.63. The van der Waals surface area contributed by atoms with Gasteiger partial charge < -0.3 is 10.3 Å². The van der Waals surface area contributed by atoms with Crippen molar-refractivity contribution < 1.29 is 0 Å². The lowest BCUT2D eigenvalue weighted by Crippen LogP contribution is -2.12. The first kappa shape index (κ1) is 7.87. The minimum absolute atomic E-state index is 0.651. The Hall–Kier alpha value is -0.760. The molecule has 1 fully saturated rings. The molecule has 1 saturated carbocycles. The number of rotatable bonds is 3. The molecule has 0 spiro atoms. The maximum Gasteiger partial charge on any atom is 0.0334 e. The minimum atomic E-state index is 0.651. The van der Waals surface area contributed by atoms with Crippen LogP contribution in [0.2, 0.25) is 0 Å². The van der Waals surface area contributed by atoms with Crippen molar-refractivity contribution in [1.29, 1.82) is 0 Å². The van der Waals surface area contributed by atoms with Crippen LogP contribution >= 0.6 is 0 Å². The SMILES string of the molecule is CC(C1CC1)n1cccc1CN. The standard InChI is InChI=1S/C10H16N2/c1-8(9-4-5-9)12-6-2-3-10(12)7-11/h2-3,6,8-9H,4-5,7,11H2,1H3. The second-order valence-electron chi connectivity index (χ2n) is 3.69. The molecule has 12 heavy (non-hydrogen) atoms. The molecule has 0 radical (unpaired) electrons. The summed E-state index contributed by atoms with van der Waals surface area (Å²) in [5, 5.41) is 0. The van der Waals surface area contributed by atoms with Crippen molar-refractivity contribution in [3.8, 4) is 0 Å². The maximum absolute atomic E-state index is 5.63. The topological polar surface area (TPSA) is 30.9 Å². The Morgan fingerprint density at radius 2 is 2.42 bits per heavy atom. The van der Waals surface area contributed by atoms with Gasteiger partial charge in [0.05, 0.1) is 0 Å². The lowest BCUT2D eigenvalue weighted by atomic mass is 10.2. The van der Waals surface area contributed by atoms with Crippen molar-refractivity contribution in [2.45, 2.75) is 32.4 Å². The zero-order valence-corrected chi connectivity index (χ0v) is 7.53. The van der Waals surface area contributed by atoms with Gasteiger partial charge in [-0.2, -0.15) is 0 Å². The van der Waals surface area contributed by atoms with Gasteiger partial charge in [-0.25, -0.2) is 0 Å². The molecular weight excluding hydrogens is 148 g/mol. The summed E-state index contributed by atoms with van der Waals surface area (Å²) in [5.74, 6) is 0.905. The van der Waals surface area contributed by atoms with Gasteiger partial charge in [-0.15, -0.1) is 0 Å². The third kappa shape index (κ3) is 1.27. The molecule has 0 bridgehead atoms. The van der Waals surface area contributed by atoms with Crippen LogP contribution < -0.4 is 5.73 Å². The lowest BCUT2D eigenvalue weighted by Gasteiger charge is -2.15. The zero-order chi connectivity index (χ0) is 8.55. The van der Waals surface area contributed by atoms with E-state index in [2.05, 4.69) is 29.8 Å². The summed E-state index contributed by atoms with van der Waals surface area (Å²) in [6.45, 7) is 2.95. The highest BCUT2D eigenvalue weighted by molar-refractivity contribution is 5.09. The molecular formula is C10H16N2. The summed E-state index contributed by atoms with van der Waals surface area (Å²) < 4.78 is 2.32. The van der Waals surface area contributed by atoms with Gasteiger partial charge in [-0.3, -0.25) is 0 Å². The summed E-state index contributed by atoms with van der Waals surface area (Å²) in [5.41, 5.74) is 6.89. The predicted octanol–water partition coefficient (Wildman–Crippen LogP) is 1.92. The van der Waals surface area contributed by atoms with Gasteiger partial charge in [-0.05, 0) is 37.8 Å². The second kappa shape index (κ2) is 2.94. The highest BCUT2D eigenvalue weighted by atomic mass is 15.0. The van der Waals surface area contributed by atoms with Gasteiger partial charge in [0.2, 0.25) is 0 Å². The van der Waals surface area contributed by atoms with Crippen LogP contribution in [0.5, 0.6) is 0 Å². The van der Waals surface area contributed by atoms with Crippen LogP contribution in [0, 0.1) is 5.92 Å². The van der Waals surface area contributed by atoms with Crippen molar-refractivity contribution in [2.75, 3.05) is 0 Å². The molecule has 1 atom stereocenters. The molecule has 1 unspecified atom stereocenters. The van der Waals surface area contributed by atoms with E-state index in [1.165, 1.54) is 18.5 Å². The van der Waals surface area contributed by atoms with Gasteiger partial charge in [0.15, 0.2) is 0 Å². The first-order valence-corrected chi connectivity index (χ1v) is 4.68. The molecule has 2 N–H and O–H groups in total. The fraction of sp³-hybridized carbons (Fsp3) is 0.600. The van der Waals surface area contributed by atoms with E-state index < -0.39 is 0 Å². The van der Waals surface area contributed by atoms with E-state index in [1.807, 2.05) is 0 Å². The largest absolute Gasteiger partial charge is 0.347 e. The number of aromatic nitrogens is 1. The summed E-state index contributed by atoms with van der Waals surface area (Å²) in [7, 11) is 0. The Bertz CT molecular complexity index is 261. The molecule has 1 aromatic rings. The molecule has 0 saturated heterocycles. The zero-order valence-electron chi connectivity index (χ0n) is 7.53. The summed E-state index contributed by atoms with van der Waals surface area (Å²) in [6.07, 6.45) is 4.93. The van der Waals surface area contributed by atoms with Crippen molar-refractivity contribution in [3.63, 3.8) is 0 Å². The van der Waals surface area contributed by atoms with Gasteiger partial charge in [0.1, 0.15) is 0 Å². The average molecular weight is 164 g/mol. The molecule has 0 aromatic carbocycles. The Morgan fingerprint density at radius 1 is 1.67 bits per heavy atom. The molecule has 0 aliphatic heterocycles. The van der Waals surface area contributed by atoms with Gasteiger partial charge in [0.25, 0.3) is 0 Å². The van der Waals surface area contributed by atoms with E-state index in [0.29, 0.717) is 12.6 Å². The van der Waals surface area contributed by atoms with Crippen LogP contribution in [0.15, 0.2) is 18.3 Å². The van der Waals surface area contributed by atoms with Gasteiger partial charge >= 0.3 is 0 Å². The van der Waals surface area contributed by atoms with Crippen LogP contribution in [0.4, 0.5) is 0 Å². The highest BCUT2D eigenvalue weighted by Gasteiger charge is 2.29. The van der Waals surface area contributed by atoms with Crippen molar-refractivity contribution >= 4 is 0 Å². The van der Waals surface area contributed by atoms with E-state index in [9.17, 15) is 0 Å². The molecule has 0 amide bonds. The Labute approximate surface area is 73.4 Å². The smallest absolute Gasteiger partial charge is 0.0334 e. The Morgan fingerprint density at radius 3 is 3.00 bits per heavy atom. The minimum Gasteiger partial charge on any atom is -0.347 e. The van der Waals surface area contributed by atoms with E-state index in [-0.39, 0.29) is 0 Å². The third-order valence-electron chi connectivity index (χ3n) is 2.82. The first-order chi connectivity index (χ1) is 5.83. The Balaban J connectivity index is 2.19. The Kier molecular flexibility index (Phi) is 1.93. The molecule has 1 aliphatic carbocycles. The predicted molar refractivity (Wildman–Crippen MR) is 49.8 cm³/mol. The normalized spacial score (nSPS) is 19.5. The molecule has 1 heterocycles. The number of hydrogen-bond donors (Lipinski definition) is 1. The quantitative estimate of drug-likeness (QED) is 0.727. The van der Waals surface area contributed by atoms with Crippen LogP contribution in [0.3, 0.4) is 0 Å². The summed E-state index contributed by atoms with van der Waals surface area (Å²) >= 11 is 0. The summed E-state index contributed by atoms with van der Waals surface area (Å²) in [4.78, 5) is 0. The first-order valence-electron chi connectivity index (χ1n) is 4.68. The van der Waals surface area contributed by atoms with Gasteiger partial charge in [-0.1, -0.05) is 0 Å². The number of nitrogens with two attached hydrogens (primary N) is 1. The molecule has 66 valence electrons. The van der Waals surface area contributed by atoms with Crippen molar-refractivity contribution in [2.24, 2.45) is 11.7 Å². The fourth-order valence-corrected chi connectivity index (χ4v) is 1.81. The van der Waals surface area contributed by atoms with Crippen LogP contribution in [-0.2, 0) is 6.54 Å². The molecule has 1 aliphatic rings.